The minimum Gasteiger partial charge on any atom is -0.319 e. The van der Waals surface area contributed by atoms with Crippen LogP contribution in [0.2, 0.25) is 0 Å². The second kappa shape index (κ2) is 4.93. The van der Waals surface area contributed by atoms with Crippen LogP contribution in [0.1, 0.15) is 31.2 Å². The van der Waals surface area contributed by atoms with Gasteiger partial charge in [0, 0.05) is 23.4 Å². The minimum atomic E-state index is 0.486. The third kappa shape index (κ3) is 2.23. The molecule has 0 saturated heterocycles. The predicted molar refractivity (Wildman–Crippen MR) is 77.4 cm³/mol. The van der Waals surface area contributed by atoms with Gasteiger partial charge < -0.3 is 5.32 Å². The third-order valence-corrected chi connectivity index (χ3v) is 5.38. The summed E-state index contributed by atoms with van der Waals surface area (Å²) in [5.74, 6) is 1.91. The maximum absolute atomic E-state index is 4.31. The molecule has 2 nitrogen and oxygen atoms in total. The van der Waals surface area contributed by atoms with E-state index in [0.717, 1.165) is 22.9 Å². The number of rotatable bonds is 4. The Balaban J connectivity index is 1.83. The van der Waals surface area contributed by atoms with Crippen molar-refractivity contribution in [1.82, 2.24) is 10.3 Å². The second-order valence-corrected chi connectivity index (χ2v) is 7.08. The van der Waals surface area contributed by atoms with E-state index in [0.29, 0.717) is 5.41 Å². The van der Waals surface area contributed by atoms with Gasteiger partial charge in [0.15, 0.2) is 0 Å². The van der Waals surface area contributed by atoms with E-state index in [2.05, 4.69) is 39.3 Å². The summed E-state index contributed by atoms with van der Waals surface area (Å²) in [5, 5.41) is 3.44. The Morgan fingerprint density at radius 1 is 1.44 bits per heavy atom. The van der Waals surface area contributed by atoms with Crippen molar-refractivity contribution in [2.45, 2.75) is 32.1 Å². The first-order valence-electron chi connectivity index (χ1n) is 6.96. The molecule has 0 amide bonds. The van der Waals surface area contributed by atoms with Crippen molar-refractivity contribution in [2.24, 2.45) is 17.3 Å². The maximum atomic E-state index is 4.31. The van der Waals surface area contributed by atoms with Gasteiger partial charge in [0.2, 0.25) is 0 Å². The second-order valence-electron chi connectivity index (χ2n) is 6.16. The molecular formula is C15H21BrN2. The van der Waals surface area contributed by atoms with E-state index in [9.17, 15) is 0 Å². The monoisotopic (exact) mass is 308 g/mol. The van der Waals surface area contributed by atoms with Gasteiger partial charge in [-0.25, -0.2) is 0 Å². The first-order valence-corrected chi connectivity index (χ1v) is 7.75. The fourth-order valence-electron chi connectivity index (χ4n) is 4.36. The van der Waals surface area contributed by atoms with Gasteiger partial charge in [0.1, 0.15) is 0 Å². The van der Waals surface area contributed by atoms with Crippen LogP contribution < -0.4 is 5.32 Å². The summed E-state index contributed by atoms with van der Waals surface area (Å²) in [7, 11) is 2.09. The summed E-state index contributed by atoms with van der Waals surface area (Å²) in [6, 6.07) is 2.23. The molecule has 2 bridgehead atoms. The third-order valence-electron chi connectivity index (χ3n) is 4.95. The van der Waals surface area contributed by atoms with Crippen LogP contribution in [0.15, 0.2) is 22.9 Å². The quantitative estimate of drug-likeness (QED) is 0.922. The van der Waals surface area contributed by atoms with Crippen LogP contribution in [0.4, 0.5) is 0 Å². The van der Waals surface area contributed by atoms with Crippen molar-refractivity contribution in [1.29, 1.82) is 0 Å². The zero-order valence-corrected chi connectivity index (χ0v) is 12.5. The SMILES string of the molecule is CNCC1(Cc2cncc(Br)c2)CC2CCC1C2. The molecule has 0 radical (unpaired) electrons. The number of hydrogen-bond acceptors (Lipinski definition) is 2. The predicted octanol–water partition coefficient (Wildman–Crippen LogP) is 3.41. The van der Waals surface area contributed by atoms with Crippen molar-refractivity contribution in [3.63, 3.8) is 0 Å². The summed E-state index contributed by atoms with van der Waals surface area (Å²) in [5.41, 5.74) is 1.87. The van der Waals surface area contributed by atoms with E-state index in [1.807, 2.05) is 12.4 Å². The molecule has 0 spiro atoms. The minimum absolute atomic E-state index is 0.486. The molecule has 3 rings (SSSR count). The molecule has 1 heterocycles. The Kier molecular flexibility index (Phi) is 3.46. The lowest BCUT2D eigenvalue weighted by molar-refractivity contribution is 0.160. The lowest BCUT2D eigenvalue weighted by Crippen LogP contribution is -2.39. The van der Waals surface area contributed by atoms with Crippen LogP contribution in [0.25, 0.3) is 0 Å². The molecule has 2 fully saturated rings. The molecule has 18 heavy (non-hydrogen) atoms. The fraction of sp³-hybridized carbons (Fsp3) is 0.667. The lowest BCUT2D eigenvalue weighted by atomic mass is 9.69. The van der Waals surface area contributed by atoms with Gasteiger partial charge in [-0.3, -0.25) is 4.98 Å². The Morgan fingerprint density at radius 3 is 2.94 bits per heavy atom. The van der Waals surface area contributed by atoms with E-state index in [-0.39, 0.29) is 0 Å². The Bertz CT molecular complexity index is 434. The summed E-state index contributed by atoms with van der Waals surface area (Å²) < 4.78 is 1.10. The van der Waals surface area contributed by atoms with Gasteiger partial charge >= 0.3 is 0 Å². The van der Waals surface area contributed by atoms with E-state index < -0.39 is 0 Å². The Morgan fingerprint density at radius 2 is 2.33 bits per heavy atom. The summed E-state index contributed by atoms with van der Waals surface area (Å²) in [6.45, 7) is 1.15. The maximum Gasteiger partial charge on any atom is 0.0410 e. The molecule has 0 aromatic carbocycles. The van der Waals surface area contributed by atoms with Crippen LogP contribution in [-0.2, 0) is 6.42 Å². The van der Waals surface area contributed by atoms with Crippen molar-refractivity contribution >= 4 is 15.9 Å². The average molecular weight is 309 g/mol. The Labute approximate surface area is 118 Å². The van der Waals surface area contributed by atoms with Gasteiger partial charge in [-0.15, -0.1) is 0 Å². The van der Waals surface area contributed by atoms with Gasteiger partial charge in [0.25, 0.3) is 0 Å². The van der Waals surface area contributed by atoms with E-state index in [1.54, 1.807) is 0 Å². The molecule has 2 aliphatic carbocycles. The normalized spacial score (nSPS) is 34.1. The number of halogens is 1. The van der Waals surface area contributed by atoms with Crippen LogP contribution in [0.3, 0.4) is 0 Å². The standard InChI is InChI=1S/C15H21BrN2/c1-17-10-15(6-11-2-3-13(15)4-11)7-12-5-14(16)9-18-8-12/h5,8-9,11,13,17H,2-4,6-7,10H2,1H3. The summed E-state index contributed by atoms with van der Waals surface area (Å²) in [6.07, 6.45) is 10.9. The van der Waals surface area contributed by atoms with E-state index in [1.165, 1.54) is 37.7 Å². The number of nitrogens with zero attached hydrogens (tertiary/aromatic N) is 1. The van der Waals surface area contributed by atoms with Crippen molar-refractivity contribution in [3.05, 3.63) is 28.5 Å². The molecule has 1 aromatic rings. The molecule has 2 aliphatic rings. The van der Waals surface area contributed by atoms with E-state index in [4.69, 9.17) is 0 Å². The first-order chi connectivity index (χ1) is 8.72. The molecule has 2 saturated carbocycles. The molecular weight excluding hydrogens is 288 g/mol. The zero-order valence-electron chi connectivity index (χ0n) is 11.0. The van der Waals surface area contributed by atoms with Gasteiger partial charge in [-0.05, 0) is 77.5 Å². The Hall–Kier alpha value is -0.410. The number of hydrogen-bond donors (Lipinski definition) is 1. The molecule has 3 unspecified atom stereocenters. The number of aromatic nitrogens is 1. The largest absolute Gasteiger partial charge is 0.319 e. The molecule has 98 valence electrons. The van der Waals surface area contributed by atoms with Crippen molar-refractivity contribution in [3.8, 4) is 0 Å². The fourth-order valence-corrected chi connectivity index (χ4v) is 4.78. The lowest BCUT2D eigenvalue weighted by Gasteiger charge is -2.38. The summed E-state index contributed by atoms with van der Waals surface area (Å²) >= 11 is 3.53. The number of pyridine rings is 1. The molecule has 3 heteroatoms. The van der Waals surface area contributed by atoms with Crippen LogP contribution >= 0.6 is 15.9 Å². The number of fused-ring (bicyclic) bond motifs is 2. The molecule has 1 aromatic heterocycles. The van der Waals surface area contributed by atoms with Crippen molar-refractivity contribution in [2.75, 3.05) is 13.6 Å². The van der Waals surface area contributed by atoms with Crippen molar-refractivity contribution < 1.29 is 0 Å². The highest BCUT2D eigenvalue weighted by atomic mass is 79.9. The van der Waals surface area contributed by atoms with Crippen LogP contribution in [0, 0.1) is 17.3 Å². The molecule has 3 atom stereocenters. The van der Waals surface area contributed by atoms with Gasteiger partial charge in [0.05, 0.1) is 0 Å². The van der Waals surface area contributed by atoms with E-state index >= 15 is 0 Å². The number of nitrogens with one attached hydrogen (secondary N) is 1. The molecule has 1 N–H and O–H groups in total. The highest BCUT2D eigenvalue weighted by molar-refractivity contribution is 9.10. The zero-order chi connectivity index (χ0) is 12.6. The first kappa shape index (κ1) is 12.6. The topological polar surface area (TPSA) is 24.9 Å². The highest BCUT2D eigenvalue weighted by Gasteiger charge is 2.50. The van der Waals surface area contributed by atoms with Gasteiger partial charge in [-0.2, -0.15) is 0 Å². The van der Waals surface area contributed by atoms with Crippen LogP contribution in [-0.4, -0.2) is 18.6 Å². The molecule has 0 aliphatic heterocycles. The average Bonchev–Trinajstić information content (AvgIpc) is 2.89. The summed E-state index contributed by atoms with van der Waals surface area (Å²) in [4.78, 5) is 4.31. The highest BCUT2D eigenvalue weighted by Crippen LogP contribution is 2.57. The van der Waals surface area contributed by atoms with Gasteiger partial charge in [-0.1, -0.05) is 6.42 Å². The van der Waals surface area contributed by atoms with Crippen LogP contribution in [0.5, 0.6) is 0 Å². The smallest absolute Gasteiger partial charge is 0.0410 e.